The van der Waals surface area contributed by atoms with E-state index in [4.69, 9.17) is 17.2 Å². The zero-order chi connectivity index (χ0) is 39.5. The number of carboxylic acid groups (broad SMARTS) is 1. The molecule has 6 atom stereocenters. The molecule has 294 valence electrons. The molecule has 16 heteroatoms. The van der Waals surface area contributed by atoms with Crippen LogP contribution in [0.3, 0.4) is 0 Å². The lowest BCUT2D eigenvalue weighted by atomic mass is 10.0. The lowest BCUT2D eigenvalue weighted by Crippen LogP contribution is -2.59. The van der Waals surface area contributed by atoms with Gasteiger partial charge in [-0.3, -0.25) is 24.0 Å². The number of hydrogen-bond acceptors (Lipinski definition) is 9. The predicted octanol–water partition coefficient (Wildman–Crippen LogP) is 0.446. The molecule has 0 spiro atoms. The van der Waals surface area contributed by atoms with Crippen LogP contribution in [0.2, 0.25) is 0 Å². The first-order valence-electron chi connectivity index (χ1n) is 18.3. The van der Waals surface area contributed by atoms with E-state index in [1.807, 2.05) is 38.1 Å². The fourth-order valence-electron chi connectivity index (χ4n) is 5.74. The molecule has 0 unspecified atom stereocenters. The van der Waals surface area contributed by atoms with E-state index in [9.17, 15) is 33.9 Å². The van der Waals surface area contributed by atoms with Gasteiger partial charge in [0.1, 0.15) is 30.2 Å². The van der Waals surface area contributed by atoms with Gasteiger partial charge in [0.25, 0.3) is 0 Å². The number of hydrogen-bond donors (Lipinski definition) is 10. The van der Waals surface area contributed by atoms with E-state index in [1.165, 1.54) is 13.0 Å². The Morgan fingerprint density at radius 1 is 0.736 bits per heavy atom. The van der Waals surface area contributed by atoms with Crippen LogP contribution >= 0.6 is 0 Å². The number of unbranched alkanes of at least 4 members (excludes halogenated alkanes) is 2. The molecular formula is C37H59N9O7. The molecule has 2 rings (SSSR count). The summed E-state index contributed by atoms with van der Waals surface area (Å²) >= 11 is 0. The first-order chi connectivity index (χ1) is 25.2. The highest BCUT2D eigenvalue weighted by Gasteiger charge is 2.33. The van der Waals surface area contributed by atoms with Gasteiger partial charge in [-0.1, -0.05) is 38.1 Å². The standard InChI is InChI=1S/C37H59N9O7/c1-5-12-27(43-35(50)29(16-9-11-18-39)44-34(49)28(15-8-10-17-38)42-32(47)23(4)40)33(48)45-30(36(51)46-31(37(52)53)19-22(2)3)20-24-21-41-26-14-7-6-13-25(24)26/h5-7,13-14,21-23,27-31,41H,1,8-12,15-20,38-40H2,2-4H3,(H,42,47)(H,43,50)(H,44,49)(H,45,48)(H,46,51)(H,52,53)/t23-,27-,28-,29-,30+,31-/m0/s1. The van der Waals surface area contributed by atoms with E-state index in [-0.39, 0.29) is 38.0 Å². The summed E-state index contributed by atoms with van der Waals surface area (Å²) in [5, 5.41) is 24.0. The summed E-state index contributed by atoms with van der Waals surface area (Å²) in [7, 11) is 0. The highest BCUT2D eigenvalue weighted by molar-refractivity contribution is 5.96. The van der Waals surface area contributed by atoms with E-state index in [0.717, 1.165) is 10.9 Å². The number of fused-ring (bicyclic) bond motifs is 1. The Kier molecular flexibility index (Phi) is 19.2. The Balaban J connectivity index is 2.35. The maximum absolute atomic E-state index is 13.9. The highest BCUT2D eigenvalue weighted by Crippen LogP contribution is 2.20. The van der Waals surface area contributed by atoms with E-state index >= 15 is 0 Å². The van der Waals surface area contributed by atoms with Gasteiger partial charge >= 0.3 is 5.97 Å². The van der Waals surface area contributed by atoms with Crippen LogP contribution in [-0.2, 0) is 35.2 Å². The van der Waals surface area contributed by atoms with Crippen molar-refractivity contribution in [3.8, 4) is 0 Å². The number of nitrogens with one attached hydrogen (secondary N) is 6. The average Bonchev–Trinajstić information content (AvgIpc) is 3.52. The number of carbonyl (C=O) groups is 6. The molecule has 0 bridgehead atoms. The molecule has 0 fully saturated rings. The minimum absolute atomic E-state index is 0.0147. The van der Waals surface area contributed by atoms with Crippen molar-refractivity contribution in [2.75, 3.05) is 13.1 Å². The van der Waals surface area contributed by atoms with Crippen molar-refractivity contribution in [1.82, 2.24) is 31.6 Å². The van der Waals surface area contributed by atoms with E-state index < -0.39 is 71.8 Å². The van der Waals surface area contributed by atoms with Crippen LogP contribution in [0, 0.1) is 5.92 Å². The largest absolute Gasteiger partial charge is 0.480 e. The first-order valence-corrected chi connectivity index (χ1v) is 18.3. The molecule has 0 saturated carbocycles. The summed E-state index contributed by atoms with van der Waals surface area (Å²) in [6.45, 7) is 9.63. The van der Waals surface area contributed by atoms with Crippen molar-refractivity contribution >= 4 is 46.4 Å². The van der Waals surface area contributed by atoms with Gasteiger partial charge in [0, 0.05) is 23.5 Å². The quantitative estimate of drug-likeness (QED) is 0.0495. The van der Waals surface area contributed by atoms with Crippen LogP contribution in [0.4, 0.5) is 0 Å². The Labute approximate surface area is 311 Å². The summed E-state index contributed by atoms with van der Waals surface area (Å²) < 4.78 is 0. The van der Waals surface area contributed by atoms with Crippen molar-refractivity contribution < 1.29 is 33.9 Å². The SMILES string of the molecule is C=CC[C@H](NC(=O)[C@H](CCCCN)NC(=O)[C@H](CCCCN)NC(=O)[C@H](C)N)C(=O)N[C@H](Cc1c[nH]c2ccccc12)C(=O)N[C@@H](CC(C)C)C(=O)O. The summed E-state index contributed by atoms with van der Waals surface area (Å²) in [6.07, 6.45) is 5.96. The number of carboxylic acids is 1. The van der Waals surface area contributed by atoms with Crippen molar-refractivity contribution in [2.24, 2.45) is 23.1 Å². The molecule has 53 heavy (non-hydrogen) atoms. The molecule has 0 radical (unpaired) electrons. The van der Waals surface area contributed by atoms with Gasteiger partial charge in [-0.25, -0.2) is 4.79 Å². The van der Waals surface area contributed by atoms with E-state index in [2.05, 4.69) is 38.1 Å². The highest BCUT2D eigenvalue weighted by atomic mass is 16.4. The van der Waals surface area contributed by atoms with Gasteiger partial charge in [0.2, 0.25) is 29.5 Å². The lowest BCUT2D eigenvalue weighted by Gasteiger charge is -2.27. The van der Waals surface area contributed by atoms with Gasteiger partial charge in [0.05, 0.1) is 6.04 Å². The molecule has 0 aliphatic heterocycles. The molecule has 1 heterocycles. The Hall–Kier alpha value is -4.80. The van der Waals surface area contributed by atoms with Crippen LogP contribution in [0.25, 0.3) is 10.9 Å². The van der Waals surface area contributed by atoms with E-state index in [1.54, 1.807) is 6.20 Å². The second-order valence-electron chi connectivity index (χ2n) is 13.7. The fourth-order valence-corrected chi connectivity index (χ4v) is 5.74. The molecule has 13 N–H and O–H groups in total. The van der Waals surface area contributed by atoms with Crippen LogP contribution in [0.5, 0.6) is 0 Å². The number of aromatic nitrogens is 1. The van der Waals surface area contributed by atoms with Crippen LogP contribution in [0.15, 0.2) is 43.1 Å². The van der Waals surface area contributed by atoms with Gasteiger partial charge < -0.3 is 53.9 Å². The van der Waals surface area contributed by atoms with Crippen molar-refractivity contribution in [1.29, 1.82) is 0 Å². The van der Waals surface area contributed by atoms with Crippen molar-refractivity contribution in [3.63, 3.8) is 0 Å². The molecule has 1 aromatic heterocycles. The number of para-hydroxylation sites is 1. The van der Waals surface area contributed by atoms with Gasteiger partial charge in [-0.2, -0.15) is 0 Å². The zero-order valence-corrected chi connectivity index (χ0v) is 31.1. The second-order valence-corrected chi connectivity index (χ2v) is 13.7. The zero-order valence-electron chi connectivity index (χ0n) is 31.1. The summed E-state index contributed by atoms with van der Waals surface area (Å²) in [4.78, 5) is 82.4. The third kappa shape index (κ3) is 15.0. The number of aromatic amines is 1. The van der Waals surface area contributed by atoms with E-state index in [0.29, 0.717) is 44.3 Å². The average molecular weight is 742 g/mol. The predicted molar refractivity (Wildman–Crippen MR) is 203 cm³/mol. The molecule has 0 saturated heterocycles. The van der Waals surface area contributed by atoms with Gasteiger partial charge in [0.15, 0.2) is 0 Å². The lowest BCUT2D eigenvalue weighted by molar-refractivity contribution is -0.142. The first kappa shape index (κ1) is 44.4. The fraction of sp³-hybridized carbons (Fsp3) is 0.568. The Morgan fingerprint density at radius 2 is 1.23 bits per heavy atom. The third-order valence-electron chi connectivity index (χ3n) is 8.66. The normalized spacial score (nSPS) is 14.6. The summed E-state index contributed by atoms with van der Waals surface area (Å²) in [5.74, 6) is -4.47. The molecule has 1 aromatic carbocycles. The molecule has 5 amide bonds. The molecule has 0 aliphatic rings. The maximum Gasteiger partial charge on any atom is 0.326 e. The smallest absolute Gasteiger partial charge is 0.326 e. The Bertz CT molecular complexity index is 1530. The number of H-pyrrole nitrogens is 1. The third-order valence-corrected chi connectivity index (χ3v) is 8.66. The maximum atomic E-state index is 13.9. The van der Waals surface area contributed by atoms with Crippen LogP contribution < -0.4 is 43.8 Å². The van der Waals surface area contributed by atoms with Crippen LogP contribution in [0.1, 0.15) is 77.7 Å². The number of carbonyl (C=O) groups excluding carboxylic acids is 5. The second kappa shape index (κ2) is 23.0. The molecule has 2 aromatic rings. The summed E-state index contributed by atoms with van der Waals surface area (Å²) in [5.41, 5.74) is 18.5. The van der Waals surface area contributed by atoms with Gasteiger partial charge in [-0.05, 0) is 88.9 Å². The minimum Gasteiger partial charge on any atom is -0.480 e. The number of amides is 5. The number of nitrogens with two attached hydrogens (primary N) is 3. The molecule has 0 aliphatic carbocycles. The minimum atomic E-state index is -1.22. The number of aliphatic carboxylic acids is 1. The van der Waals surface area contributed by atoms with Crippen molar-refractivity contribution in [3.05, 3.63) is 48.7 Å². The number of rotatable bonds is 25. The number of benzene rings is 1. The monoisotopic (exact) mass is 741 g/mol. The molecular weight excluding hydrogens is 682 g/mol. The van der Waals surface area contributed by atoms with Crippen LogP contribution in [-0.4, -0.2) is 94.9 Å². The van der Waals surface area contributed by atoms with Crippen molar-refractivity contribution in [2.45, 2.75) is 115 Å². The molecule has 16 nitrogen and oxygen atoms in total. The van der Waals surface area contributed by atoms with Gasteiger partial charge in [-0.15, -0.1) is 6.58 Å². The topological polar surface area (TPSA) is 277 Å². The summed E-state index contributed by atoms with van der Waals surface area (Å²) in [6, 6.07) is 0.845. The Morgan fingerprint density at radius 3 is 1.75 bits per heavy atom.